The number of H-pyrrole nitrogens is 1. The maximum absolute atomic E-state index is 11.5. The Bertz CT molecular complexity index is 774. The van der Waals surface area contributed by atoms with Crippen LogP contribution in [0.5, 0.6) is 0 Å². The van der Waals surface area contributed by atoms with Crippen molar-refractivity contribution in [1.82, 2.24) is 9.97 Å². The van der Waals surface area contributed by atoms with E-state index in [2.05, 4.69) is 22.1 Å². The van der Waals surface area contributed by atoms with E-state index >= 15 is 0 Å². The SMILES string of the molecule is Cc1nc(-c2ccc(-c3ccccc3)cc2)cc(=O)[nH]1. The largest absolute Gasteiger partial charge is 0.311 e. The lowest BCUT2D eigenvalue weighted by molar-refractivity contribution is 1.02. The lowest BCUT2D eigenvalue weighted by Gasteiger charge is -2.04. The van der Waals surface area contributed by atoms with Crippen LogP contribution in [0.3, 0.4) is 0 Å². The molecule has 0 aliphatic rings. The first-order chi connectivity index (χ1) is 9.72. The molecule has 0 saturated carbocycles. The van der Waals surface area contributed by atoms with Crippen LogP contribution < -0.4 is 5.56 Å². The number of rotatable bonds is 2. The Balaban J connectivity index is 1.99. The molecule has 2 aromatic carbocycles. The molecule has 0 saturated heterocycles. The van der Waals surface area contributed by atoms with Crippen LogP contribution in [0.1, 0.15) is 5.82 Å². The predicted octanol–water partition coefficient (Wildman–Crippen LogP) is 3.41. The van der Waals surface area contributed by atoms with E-state index in [0.717, 1.165) is 11.1 Å². The first-order valence-electron chi connectivity index (χ1n) is 6.46. The maximum atomic E-state index is 11.5. The lowest BCUT2D eigenvalue weighted by atomic mass is 10.0. The molecule has 0 amide bonds. The summed E-state index contributed by atoms with van der Waals surface area (Å²) < 4.78 is 0. The highest BCUT2D eigenvalue weighted by Gasteiger charge is 2.03. The van der Waals surface area contributed by atoms with Gasteiger partial charge in [0.05, 0.1) is 5.69 Å². The molecule has 0 atom stereocenters. The Labute approximate surface area is 117 Å². The summed E-state index contributed by atoms with van der Waals surface area (Å²) in [5, 5.41) is 0. The molecule has 3 heteroatoms. The van der Waals surface area contributed by atoms with Crippen molar-refractivity contribution in [1.29, 1.82) is 0 Å². The van der Waals surface area contributed by atoms with Crippen molar-refractivity contribution >= 4 is 0 Å². The van der Waals surface area contributed by atoms with Gasteiger partial charge in [0.15, 0.2) is 0 Å². The van der Waals surface area contributed by atoms with E-state index in [1.165, 1.54) is 11.6 Å². The standard InChI is InChI=1S/C17H14N2O/c1-12-18-16(11-17(20)19-12)15-9-7-14(8-10-15)13-5-3-2-4-6-13/h2-11H,1H3,(H,18,19,20). The van der Waals surface area contributed by atoms with Gasteiger partial charge in [0, 0.05) is 11.6 Å². The van der Waals surface area contributed by atoms with Gasteiger partial charge in [-0.05, 0) is 18.1 Å². The number of hydrogen-bond acceptors (Lipinski definition) is 2. The molecule has 3 aromatic rings. The van der Waals surface area contributed by atoms with Crippen molar-refractivity contribution in [3.8, 4) is 22.4 Å². The Morgan fingerprint density at radius 1 is 0.850 bits per heavy atom. The van der Waals surface area contributed by atoms with Crippen LogP contribution in [-0.2, 0) is 0 Å². The van der Waals surface area contributed by atoms with Crippen molar-refractivity contribution in [3.63, 3.8) is 0 Å². The predicted molar refractivity (Wildman–Crippen MR) is 80.5 cm³/mol. The zero-order chi connectivity index (χ0) is 13.9. The molecule has 0 aliphatic heterocycles. The molecule has 1 heterocycles. The summed E-state index contributed by atoms with van der Waals surface area (Å²) in [5.74, 6) is 0.625. The van der Waals surface area contributed by atoms with Gasteiger partial charge in [-0.1, -0.05) is 54.6 Å². The topological polar surface area (TPSA) is 45.8 Å². The fourth-order valence-corrected chi connectivity index (χ4v) is 2.19. The summed E-state index contributed by atoms with van der Waals surface area (Å²) in [5.41, 5.74) is 3.84. The zero-order valence-corrected chi connectivity index (χ0v) is 11.1. The van der Waals surface area contributed by atoms with Gasteiger partial charge >= 0.3 is 0 Å². The van der Waals surface area contributed by atoms with Gasteiger partial charge in [-0.25, -0.2) is 4.98 Å². The minimum absolute atomic E-state index is 0.125. The summed E-state index contributed by atoms with van der Waals surface area (Å²) in [4.78, 5) is 18.5. The fraction of sp³-hybridized carbons (Fsp3) is 0.0588. The third-order valence-electron chi connectivity index (χ3n) is 3.15. The minimum atomic E-state index is -0.125. The van der Waals surface area contributed by atoms with Crippen LogP contribution in [0.2, 0.25) is 0 Å². The molecule has 98 valence electrons. The molecule has 20 heavy (non-hydrogen) atoms. The normalized spacial score (nSPS) is 10.4. The quantitative estimate of drug-likeness (QED) is 0.769. The first kappa shape index (κ1) is 12.4. The minimum Gasteiger partial charge on any atom is -0.311 e. The van der Waals surface area contributed by atoms with E-state index in [1.807, 2.05) is 42.5 Å². The molecule has 1 N–H and O–H groups in total. The van der Waals surface area contributed by atoms with Crippen molar-refractivity contribution in [2.75, 3.05) is 0 Å². The van der Waals surface area contributed by atoms with Gasteiger partial charge in [0.25, 0.3) is 5.56 Å². The number of nitrogens with zero attached hydrogens (tertiary/aromatic N) is 1. The average molecular weight is 262 g/mol. The number of aromatic amines is 1. The molecular formula is C17H14N2O. The second-order valence-corrected chi connectivity index (χ2v) is 4.66. The molecular weight excluding hydrogens is 248 g/mol. The van der Waals surface area contributed by atoms with Crippen LogP contribution in [0, 0.1) is 6.92 Å². The molecule has 0 unspecified atom stereocenters. The molecule has 3 rings (SSSR count). The smallest absolute Gasteiger partial charge is 0.251 e. The highest BCUT2D eigenvalue weighted by Crippen LogP contribution is 2.23. The molecule has 0 bridgehead atoms. The van der Waals surface area contributed by atoms with E-state index in [0.29, 0.717) is 11.5 Å². The highest BCUT2D eigenvalue weighted by molar-refractivity contribution is 5.68. The Morgan fingerprint density at radius 2 is 1.45 bits per heavy atom. The van der Waals surface area contributed by atoms with E-state index in [9.17, 15) is 4.79 Å². The zero-order valence-electron chi connectivity index (χ0n) is 11.1. The van der Waals surface area contributed by atoms with E-state index in [1.54, 1.807) is 6.92 Å². The summed E-state index contributed by atoms with van der Waals surface area (Å²) in [7, 11) is 0. The molecule has 0 radical (unpaired) electrons. The second-order valence-electron chi connectivity index (χ2n) is 4.66. The summed E-state index contributed by atoms with van der Waals surface area (Å²) in [6, 6.07) is 19.8. The van der Waals surface area contributed by atoms with Gasteiger partial charge in [-0.3, -0.25) is 4.79 Å². The van der Waals surface area contributed by atoms with Crippen LogP contribution in [0.25, 0.3) is 22.4 Å². The highest BCUT2D eigenvalue weighted by atomic mass is 16.1. The van der Waals surface area contributed by atoms with Crippen LogP contribution >= 0.6 is 0 Å². The van der Waals surface area contributed by atoms with E-state index < -0.39 is 0 Å². The number of aryl methyl sites for hydroxylation is 1. The van der Waals surface area contributed by atoms with Crippen molar-refractivity contribution in [3.05, 3.63) is 76.8 Å². The third kappa shape index (κ3) is 2.52. The average Bonchev–Trinajstić information content (AvgIpc) is 2.47. The number of aromatic nitrogens is 2. The van der Waals surface area contributed by atoms with Crippen LogP contribution in [0.4, 0.5) is 0 Å². The Hall–Kier alpha value is -2.68. The maximum Gasteiger partial charge on any atom is 0.251 e. The van der Waals surface area contributed by atoms with Gasteiger partial charge < -0.3 is 4.98 Å². The summed E-state index contributed by atoms with van der Waals surface area (Å²) in [6.07, 6.45) is 0. The van der Waals surface area contributed by atoms with Crippen molar-refractivity contribution in [2.24, 2.45) is 0 Å². The molecule has 1 aromatic heterocycles. The van der Waals surface area contributed by atoms with Gasteiger partial charge in [-0.15, -0.1) is 0 Å². The fourth-order valence-electron chi connectivity index (χ4n) is 2.19. The first-order valence-corrected chi connectivity index (χ1v) is 6.46. The van der Waals surface area contributed by atoms with Gasteiger partial charge in [0.1, 0.15) is 5.82 Å². The lowest BCUT2D eigenvalue weighted by Crippen LogP contribution is -2.08. The molecule has 0 aliphatic carbocycles. The Morgan fingerprint density at radius 3 is 2.10 bits per heavy atom. The second kappa shape index (κ2) is 5.13. The van der Waals surface area contributed by atoms with Crippen molar-refractivity contribution in [2.45, 2.75) is 6.92 Å². The Kier molecular flexibility index (Phi) is 3.17. The molecule has 0 fully saturated rings. The van der Waals surface area contributed by atoms with E-state index in [-0.39, 0.29) is 5.56 Å². The number of nitrogens with one attached hydrogen (secondary N) is 1. The van der Waals surface area contributed by atoms with Crippen LogP contribution in [0.15, 0.2) is 65.5 Å². The van der Waals surface area contributed by atoms with E-state index in [4.69, 9.17) is 0 Å². The summed E-state index contributed by atoms with van der Waals surface area (Å²) >= 11 is 0. The number of hydrogen-bond donors (Lipinski definition) is 1. The van der Waals surface area contributed by atoms with Crippen LogP contribution in [-0.4, -0.2) is 9.97 Å². The van der Waals surface area contributed by atoms with Gasteiger partial charge in [-0.2, -0.15) is 0 Å². The molecule has 3 nitrogen and oxygen atoms in total. The third-order valence-corrected chi connectivity index (χ3v) is 3.15. The molecule has 0 spiro atoms. The monoisotopic (exact) mass is 262 g/mol. The van der Waals surface area contributed by atoms with Crippen molar-refractivity contribution < 1.29 is 0 Å². The van der Waals surface area contributed by atoms with Gasteiger partial charge in [0.2, 0.25) is 0 Å². The summed E-state index contributed by atoms with van der Waals surface area (Å²) in [6.45, 7) is 1.78. The number of benzene rings is 2.